The molecule has 0 aromatic rings. The van der Waals surface area contributed by atoms with E-state index in [1.54, 1.807) is 0 Å². The predicted molar refractivity (Wildman–Crippen MR) is 69.8 cm³/mol. The molecule has 0 heterocycles. The smallest absolute Gasteiger partial charge is 0.481 e. The third-order valence-electron chi connectivity index (χ3n) is 2.44. The number of carbonyl (C=O) groups is 5. The van der Waals surface area contributed by atoms with E-state index in [-0.39, 0.29) is 51.4 Å². The van der Waals surface area contributed by atoms with Crippen LogP contribution in [-0.4, -0.2) is 40.2 Å². The molecule has 0 amide bonds. The maximum absolute atomic E-state index is 11.2. The number of aliphatic carboxylic acids is 2. The first-order chi connectivity index (χ1) is 10.3. The van der Waals surface area contributed by atoms with Gasteiger partial charge in [-0.15, -0.1) is 0 Å². The number of esters is 2. The summed E-state index contributed by atoms with van der Waals surface area (Å²) in [6, 6.07) is 0. The molecule has 0 saturated heterocycles. The lowest BCUT2D eigenvalue weighted by molar-refractivity contribution is -0.147. The second kappa shape index (κ2) is 11.2. The van der Waals surface area contributed by atoms with Crippen molar-refractivity contribution in [3.8, 4) is 0 Å². The monoisotopic (exact) mass is 318 g/mol. The molecule has 9 heteroatoms. The largest absolute Gasteiger partial charge is 0.524 e. The van der Waals surface area contributed by atoms with Gasteiger partial charge in [-0.2, -0.15) is 0 Å². The lowest BCUT2D eigenvalue weighted by atomic mass is 10.2. The van der Waals surface area contributed by atoms with E-state index in [9.17, 15) is 24.0 Å². The molecular weight excluding hydrogens is 300 g/mol. The molecule has 124 valence electrons. The van der Waals surface area contributed by atoms with Crippen molar-refractivity contribution in [1.82, 2.24) is 0 Å². The molecule has 0 rings (SSSR count). The van der Waals surface area contributed by atoms with E-state index in [1.165, 1.54) is 0 Å². The molecule has 22 heavy (non-hydrogen) atoms. The van der Waals surface area contributed by atoms with Crippen LogP contribution in [0.3, 0.4) is 0 Å². The van der Waals surface area contributed by atoms with Crippen LogP contribution < -0.4 is 0 Å². The molecule has 0 aliphatic carbocycles. The van der Waals surface area contributed by atoms with Gasteiger partial charge in [0.25, 0.3) is 0 Å². The van der Waals surface area contributed by atoms with E-state index in [1.807, 2.05) is 0 Å². The molecule has 0 aromatic heterocycles. The van der Waals surface area contributed by atoms with Gasteiger partial charge >= 0.3 is 30.0 Å². The van der Waals surface area contributed by atoms with Gasteiger partial charge in [0.1, 0.15) is 0 Å². The Kier molecular flexibility index (Phi) is 9.98. The first-order valence-electron chi connectivity index (χ1n) is 6.70. The van der Waals surface area contributed by atoms with Crippen molar-refractivity contribution in [3.63, 3.8) is 0 Å². The van der Waals surface area contributed by atoms with E-state index in [0.717, 1.165) is 0 Å². The molecule has 0 aliphatic heterocycles. The summed E-state index contributed by atoms with van der Waals surface area (Å²) in [5, 5.41) is 16.8. The number of unbranched alkanes of at least 4 members (excludes halogenated alkanes) is 2. The average molecular weight is 318 g/mol. The number of rotatable bonds is 10. The fraction of sp³-hybridized carbons (Fsp3) is 0.615. The maximum Gasteiger partial charge on any atom is 0.524 e. The highest BCUT2D eigenvalue weighted by atomic mass is 16.8. The summed E-state index contributed by atoms with van der Waals surface area (Å²) in [6.07, 6.45) is -0.928. The van der Waals surface area contributed by atoms with Crippen molar-refractivity contribution in [2.24, 2.45) is 0 Å². The normalized spacial score (nSPS) is 9.82. The number of carbonyl (C=O) groups excluding carboxylic acids is 3. The third-order valence-corrected chi connectivity index (χ3v) is 2.44. The molecule has 2 N–H and O–H groups in total. The van der Waals surface area contributed by atoms with Gasteiger partial charge in [-0.05, 0) is 25.7 Å². The van der Waals surface area contributed by atoms with Gasteiger partial charge in [0.15, 0.2) is 0 Å². The van der Waals surface area contributed by atoms with Crippen molar-refractivity contribution in [2.75, 3.05) is 0 Å². The van der Waals surface area contributed by atoms with Crippen molar-refractivity contribution in [1.29, 1.82) is 0 Å². The molecule has 0 aliphatic rings. The summed E-state index contributed by atoms with van der Waals surface area (Å²) in [5.74, 6) is -3.79. The van der Waals surface area contributed by atoms with Gasteiger partial charge < -0.3 is 19.7 Å². The SMILES string of the molecule is O=C(O)CCCCC(=O)OC(=O)OC(=O)CCCCC(=O)O. The zero-order valence-corrected chi connectivity index (χ0v) is 11.9. The van der Waals surface area contributed by atoms with Gasteiger partial charge in [-0.3, -0.25) is 19.2 Å². The van der Waals surface area contributed by atoms with Crippen LogP contribution in [0.1, 0.15) is 51.4 Å². The Balaban J connectivity index is 3.73. The first kappa shape index (κ1) is 19.6. The van der Waals surface area contributed by atoms with Gasteiger partial charge in [0.05, 0.1) is 0 Å². The molecule has 9 nitrogen and oxygen atoms in total. The molecule has 0 bridgehead atoms. The lowest BCUT2D eigenvalue weighted by Crippen LogP contribution is -2.17. The van der Waals surface area contributed by atoms with E-state index in [4.69, 9.17) is 10.2 Å². The van der Waals surface area contributed by atoms with E-state index in [0.29, 0.717) is 0 Å². The number of hydrogen-bond donors (Lipinski definition) is 2. The molecule has 0 aromatic carbocycles. The molecule has 0 fully saturated rings. The molecule has 0 unspecified atom stereocenters. The molecule has 0 atom stereocenters. The Labute approximate surface area is 126 Å². The Morgan fingerprint density at radius 1 is 0.591 bits per heavy atom. The Bertz CT molecular complexity index is 389. The number of ether oxygens (including phenoxy) is 2. The Morgan fingerprint density at radius 2 is 0.909 bits per heavy atom. The number of carboxylic acids is 2. The van der Waals surface area contributed by atoms with Gasteiger partial charge in [0, 0.05) is 25.7 Å². The van der Waals surface area contributed by atoms with E-state index < -0.39 is 30.0 Å². The van der Waals surface area contributed by atoms with Crippen molar-refractivity contribution < 1.29 is 43.7 Å². The van der Waals surface area contributed by atoms with Crippen LogP contribution in [0.2, 0.25) is 0 Å². The van der Waals surface area contributed by atoms with Crippen LogP contribution in [0.25, 0.3) is 0 Å². The highest BCUT2D eigenvalue weighted by Crippen LogP contribution is 2.04. The number of carboxylic acid groups (broad SMARTS) is 2. The summed E-state index contributed by atoms with van der Waals surface area (Å²) in [4.78, 5) is 53.9. The fourth-order valence-electron chi connectivity index (χ4n) is 1.40. The van der Waals surface area contributed by atoms with Crippen molar-refractivity contribution in [3.05, 3.63) is 0 Å². The highest BCUT2D eigenvalue weighted by Gasteiger charge is 2.16. The van der Waals surface area contributed by atoms with Crippen molar-refractivity contribution >= 4 is 30.0 Å². The summed E-state index contributed by atoms with van der Waals surface area (Å²) >= 11 is 0. The molecule has 0 saturated carbocycles. The Hall–Kier alpha value is -2.45. The first-order valence-corrected chi connectivity index (χ1v) is 6.70. The summed E-state index contributed by atoms with van der Waals surface area (Å²) in [7, 11) is 0. The van der Waals surface area contributed by atoms with Crippen molar-refractivity contribution in [2.45, 2.75) is 51.4 Å². The van der Waals surface area contributed by atoms with Crippen LogP contribution in [0, 0.1) is 0 Å². The van der Waals surface area contributed by atoms with Crippen LogP contribution >= 0.6 is 0 Å². The molecule has 0 spiro atoms. The fourth-order valence-corrected chi connectivity index (χ4v) is 1.40. The van der Waals surface area contributed by atoms with Gasteiger partial charge in [-0.25, -0.2) is 4.79 Å². The summed E-state index contributed by atoms with van der Waals surface area (Å²) in [6.45, 7) is 0. The molecular formula is C13H18O9. The van der Waals surface area contributed by atoms with Crippen LogP contribution in [0.5, 0.6) is 0 Å². The lowest BCUT2D eigenvalue weighted by Gasteiger charge is -2.03. The molecule has 0 radical (unpaired) electrons. The zero-order valence-electron chi connectivity index (χ0n) is 11.9. The predicted octanol–water partition coefficient (Wildman–Crippen LogP) is 1.48. The number of hydrogen-bond acceptors (Lipinski definition) is 7. The third kappa shape index (κ3) is 12.6. The van der Waals surface area contributed by atoms with Gasteiger partial charge in [0.2, 0.25) is 0 Å². The second-order valence-electron chi connectivity index (χ2n) is 4.40. The van der Waals surface area contributed by atoms with Crippen LogP contribution in [0.15, 0.2) is 0 Å². The summed E-state index contributed by atoms with van der Waals surface area (Å²) < 4.78 is 8.42. The van der Waals surface area contributed by atoms with Crippen LogP contribution in [-0.2, 0) is 28.7 Å². The van der Waals surface area contributed by atoms with Crippen LogP contribution in [0.4, 0.5) is 4.79 Å². The van der Waals surface area contributed by atoms with Gasteiger partial charge in [-0.1, -0.05) is 0 Å². The maximum atomic E-state index is 11.2. The quantitative estimate of drug-likeness (QED) is 0.347. The zero-order chi connectivity index (χ0) is 17.0. The minimum absolute atomic E-state index is 0.0907. The Morgan fingerprint density at radius 3 is 1.23 bits per heavy atom. The minimum atomic E-state index is -1.44. The second-order valence-corrected chi connectivity index (χ2v) is 4.40. The standard InChI is InChI=1S/C13H18O9/c14-9(15)5-1-3-7-11(18)21-13(20)22-12(19)8-4-2-6-10(16)17/h1-8H2,(H,14,15)(H,16,17). The highest BCUT2D eigenvalue weighted by molar-refractivity contribution is 5.88. The topological polar surface area (TPSA) is 144 Å². The average Bonchev–Trinajstić information content (AvgIpc) is 2.39. The minimum Gasteiger partial charge on any atom is -0.481 e. The van der Waals surface area contributed by atoms with E-state index in [2.05, 4.69) is 9.47 Å². The van der Waals surface area contributed by atoms with E-state index >= 15 is 0 Å². The summed E-state index contributed by atoms with van der Waals surface area (Å²) in [5.41, 5.74) is 0.